The summed E-state index contributed by atoms with van der Waals surface area (Å²) in [5, 5.41) is 4.21. The van der Waals surface area contributed by atoms with Gasteiger partial charge in [0.25, 0.3) is 0 Å². The van der Waals surface area contributed by atoms with Crippen LogP contribution in [-0.2, 0) is 6.42 Å². The Morgan fingerprint density at radius 3 is 2.65 bits per heavy atom. The Morgan fingerprint density at radius 2 is 1.88 bits per heavy atom. The van der Waals surface area contributed by atoms with Crippen molar-refractivity contribution in [2.24, 2.45) is 0 Å². The number of rotatable bonds is 5. The molecule has 2 aromatic carbocycles. The molecular formula is C21H21NO4. The fourth-order valence-corrected chi connectivity index (χ4v) is 3.27. The van der Waals surface area contributed by atoms with E-state index in [-0.39, 0.29) is 0 Å². The van der Waals surface area contributed by atoms with Crippen molar-refractivity contribution in [3.05, 3.63) is 42.2 Å². The average molecular weight is 351 g/mol. The molecule has 5 nitrogen and oxygen atoms in total. The lowest BCUT2D eigenvalue weighted by Gasteiger charge is -2.15. The summed E-state index contributed by atoms with van der Waals surface area (Å²) in [6.45, 7) is 2.19. The van der Waals surface area contributed by atoms with E-state index in [1.54, 1.807) is 20.5 Å². The van der Waals surface area contributed by atoms with E-state index in [0.29, 0.717) is 17.2 Å². The molecule has 26 heavy (non-hydrogen) atoms. The van der Waals surface area contributed by atoms with Gasteiger partial charge in [-0.05, 0) is 30.5 Å². The largest absolute Gasteiger partial charge is 0.497 e. The van der Waals surface area contributed by atoms with Gasteiger partial charge in [-0.3, -0.25) is 0 Å². The molecule has 3 aromatic rings. The Kier molecular flexibility index (Phi) is 4.29. The molecule has 1 aromatic heterocycles. The summed E-state index contributed by atoms with van der Waals surface area (Å²) < 4.78 is 22.6. The standard InChI is InChI=1S/C21H21NO4/c1-4-5-6-13-7-8-15-17-12-25-22-20(17)16-10-14(23-2)11-19(24-3)21(16)26-18(15)9-13/h7-12H,4-6H2,1-3H3. The molecule has 1 aliphatic heterocycles. The van der Waals surface area contributed by atoms with Gasteiger partial charge in [0, 0.05) is 11.6 Å². The molecule has 0 N–H and O–H groups in total. The molecule has 0 spiro atoms. The molecule has 0 radical (unpaired) electrons. The van der Waals surface area contributed by atoms with Gasteiger partial charge in [-0.15, -0.1) is 0 Å². The second-order valence-corrected chi connectivity index (χ2v) is 6.32. The van der Waals surface area contributed by atoms with Crippen LogP contribution in [0.15, 0.2) is 41.1 Å². The van der Waals surface area contributed by atoms with E-state index in [9.17, 15) is 0 Å². The third-order valence-electron chi connectivity index (χ3n) is 4.68. The van der Waals surface area contributed by atoms with Gasteiger partial charge in [0.1, 0.15) is 23.5 Å². The van der Waals surface area contributed by atoms with E-state index >= 15 is 0 Å². The molecule has 2 heterocycles. The minimum absolute atomic E-state index is 0.597. The van der Waals surface area contributed by atoms with Crippen LogP contribution < -0.4 is 14.2 Å². The summed E-state index contributed by atoms with van der Waals surface area (Å²) >= 11 is 0. The van der Waals surface area contributed by atoms with E-state index in [0.717, 1.165) is 47.4 Å². The van der Waals surface area contributed by atoms with Gasteiger partial charge in [-0.25, -0.2) is 0 Å². The van der Waals surface area contributed by atoms with E-state index in [1.807, 2.05) is 12.1 Å². The van der Waals surface area contributed by atoms with Gasteiger partial charge < -0.3 is 18.7 Å². The molecule has 134 valence electrons. The molecule has 0 atom stereocenters. The summed E-state index contributed by atoms with van der Waals surface area (Å²) in [5.74, 6) is 2.67. The summed E-state index contributed by atoms with van der Waals surface area (Å²) in [6, 6.07) is 10.0. The maximum Gasteiger partial charge on any atom is 0.179 e. The number of unbranched alkanes of at least 4 members (excludes halogenated alkanes) is 1. The molecule has 0 aliphatic carbocycles. The smallest absolute Gasteiger partial charge is 0.179 e. The van der Waals surface area contributed by atoms with Gasteiger partial charge in [-0.1, -0.05) is 30.6 Å². The van der Waals surface area contributed by atoms with E-state index in [1.165, 1.54) is 5.56 Å². The molecule has 4 rings (SSSR count). The molecule has 5 heteroatoms. The third-order valence-corrected chi connectivity index (χ3v) is 4.68. The Balaban J connectivity index is 1.92. The number of aryl methyl sites for hydroxylation is 1. The minimum Gasteiger partial charge on any atom is -0.497 e. The van der Waals surface area contributed by atoms with Crippen LogP contribution >= 0.6 is 0 Å². The van der Waals surface area contributed by atoms with Crippen molar-refractivity contribution in [3.63, 3.8) is 0 Å². The van der Waals surface area contributed by atoms with Crippen LogP contribution in [-0.4, -0.2) is 19.4 Å². The molecule has 0 saturated heterocycles. The predicted molar refractivity (Wildman–Crippen MR) is 99.2 cm³/mol. The molecule has 0 amide bonds. The second kappa shape index (κ2) is 6.75. The van der Waals surface area contributed by atoms with Crippen molar-refractivity contribution >= 4 is 0 Å². The number of hydrogen-bond donors (Lipinski definition) is 0. The van der Waals surface area contributed by atoms with Gasteiger partial charge in [-0.2, -0.15) is 0 Å². The summed E-state index contributed by atoms with van der Waals surface area (Å²) in [7, 11) is 3.24. The van der Waals surface area contributed by atoms with E-state index < -0.39 is 0 Å². The van der Waals surface area contributed by atoms with Crippen molar-refractivity contribution < 1.29 is 18.7 Å². The molecule has 1 aliphatic rings. The zero-order valence-corrected chi connectivity index (χ0v) is 15.2. The lowest BCUT2D eigenvalue weighted by atomic mass is 9.99. The zero-order chi connectivity index (χ0) is 18.1. The van der Waals surface area contributed by atoms with Crippen molar-refractivity contribution in [1.82, 2.24) is 5.16 Å². The number of benzene rings is 2. The molecule has 0 fully saturated rings. The first-order valence-electron chi connectivity index (χ1n) is 8.77. The van der Waals surface area contributed by atoms with Crippen LogP contribution in [0.2, 0.25) is 0 Å². The fourth-order valence-electron chi connectivity index (χ4n) is 3.27. The lowest BCUT2D eigenvalue weighted by Crippen LogP contribution is -1.95. The zero-order valence-electron chi connectivity index (χ0n) is 15.2. The lowest BCUT2D eigenvalue weighted by molar-refractivity contribution is 0.369. The highest BCUT2D eigenvalue weighted by atomic mass is 16.5. The minimum atomic E-state index is 0.597. The van der Waals surface area contributed by atoms with Crippen LogP contribution in [0.4, 0.5) is 0 Å². The Bertz CT molecular complexity index is 945. The van der Waals surface area contributed by atoms with Crippen LogP contribution in [0.1, 0.15) is 25.3 Å². The average Bonchev–Trinajstić information content (AvgIpc) is 3.11. The number of hydrogen-bond acceptors (Lipinski definition) is 5. The number of ether oxygens (including phenoxy) is 3. The monoisotopic (exact) mass is 351 g/mol. The van der Waals surface area contributed by atoms with E-state index in [4.69, 9.17) is 18.7 Å². The normalized spacial score (nSPS) is 11.7. The van der Waals surface area contributed by atoms with Gasteiger partial charge in [0.2, 0.25) is 0 Å². The summed E-state index contributed by atoms with van der Waals surface area (Å²) in [5.41, 5.74) is 4.61. The van der Waals surface area contributed by atoms with Gasteiger partial charge >= 0.3 is 0 Å². The highest BCUT2D eigenvalue weighted by Gasteiger charge is 2.27. The number of aromatic nitrogens is 1. The highest BCUT2D eigenvalue weighted by molar-refractivity contribution is 5.89. The van der Waals surface area contributed by atoms with Crippen LogP contribution in [0.5, 0.6) is 23.0 Å². The quantitative estimate of drug-likeness (QED) is 0.477. The molecular weight excluding hydrogens is 330 g/mol. The van der Waals surface area contributed by atoms with Crippen molar-refractivity contribution in [2.75, 3.05) is 14.2 Å². The number of fused-ring (bicyclic) bond motifs is 5. The van der Waals surface area contributed by atoms with Crippen molar-refractivity contribution in [1.29, 1.82) is 0 Å². The first-order valence-corrected chi connectivity index (χ1v) is 8.77. The number of methoxy groups -OCH3 is 2. The van der Waals surface area contributed by atoms with Crippen molar-refractivity contribution in [3.8, 4) is 45.4 Å². The van der Waals surface area contributed by atoms with Gasteiger partial charge in [0.15, 0.2) is 11.5 Å². The highest BCUT2D eigenvalue weighted by Crippen LogP contribution is 2.51. The van der Waals surface area contributed by atoms with E-state index in [2.05, 4.69) is 30.3 Å². The SMILES string of the molecule is CCCCc1ccc2c(c1)Oc1c(OC)cc(OC)cc1-c1nocc1-2. The van der Waals surface area contributed by atoms with Crippen LogP contribution in [0, 0.1) is 0 Å². The Morgan fingerprint density at radius 1 is 1.00 bits per heavy atom. The van der Waals surface area contributed by atoms with Crippen LogP contribution in [0.3, 0.4) is 0 Å². The predicted octanol–water partition coefficient (Wildman–Crippen LogP) is 5.47. The second-order valence-electron chi connectivity index (χ2n) is 6.32. The van der Waals surface area contributed by atoms with Crippen LogP contribution in [0.25, 0.3) is 22.4 Å². The fraction of sp³-hybridized carbons (Fsp3) is 0.286. The topological polar surface area (TPSA) is 53.7 Å². The Hall–Kier alpha value is -2.95. The summed E-state index contributed by atoms with van der Waals surface area (Å²) in [6.07, 6.45) is 4.99. The molecule has 0 bridgehead atoms. The maximum atomic E-state index is 6.32. The first kappa shape index (κ1) is 16.5. The summed E-state index contributed by atoms with van der Waals surface area (Å²) in [4.78, 5) is 0. The number of nitrogens with zero attached hydrogens (tertiary/aromatic N) is 1. The van der Waals surface area contributed by atoms with Gasteiger partial charge in [0.05, 0.1) is 25.3 Å². The van der Waals surface area contributed by atoms with Crippen molar-refractivity contribution in [2.45, 2.75) is 26.2 Å². The molecule has 0 unspecified atom stereocenters. The molecule has 0 saturated carbocycles. The third kappa shape index (κ3) is 2.69. The first-order chi connectivity index (χ1) is 12.7. The Labute approximate surface area is 152 Å². The maximum absolute atomic E-state index is 6.32.